The van der Waals surface area contributed by atoms with Gasteiger partial charge >= 0.3 is 0 Å². The Hall–Kier alpha value is -2.55. The Balaban J connectivity index is 1.39. The third kappa shape index (κ3) is 4.77. The molecule has 3 aromatic heterocycles. The summed E-state index contributed by atoms with van der Waals surface area (Å²) >= 11 is 4.67. The van der Waals surface area contributed by atoms with Gasteiger partial charge in [0, 0.05) is 5.69 Å². The summed E-state index contributed by atoms with van der Waals surface area (Å²) in [6.07, 6.45) is 0. The molecule has 152 valence electrons. The molecule has 0 saturated heterocycles. The van der Waals surface area contributed by atoms with Crippen LogP contribution in [0.1, 0.15) is 16.8 Å². The first-order chi connectivity index (χ1) is 14.5. The van der Waals surface area contributed by atoms with Gasteiger partial charge in [-0.15, -0.1) is 32.9 Å². The van der Waals surface area contributed by atoms with Crippen LogP contribution in [0.5, 0.6) is 0 Å². The second kappa shape index (κ2) is 9.07. The Morgan fingerprint density at radius 2 is 1.97 bits per heavy atom. The number of carbonyl (C=O) groups excluding carboxylic acids is 1. The standard InChI is InChI=1S/C22H20N4OS3/c1-13-6-7-16(14(2)11-13)24-19(27)12-29-20-9-8-17(25-26-20)21-15(3)23-22(30-21)18-5-4-10-28-18/h4-11H,12H2,1-3H3,(H,24,27). The zero-order valence-electron chi connectivity index (χ0n) is 16.8. The average molecular weight is 453 g/mol. The summed E-state index contributed by atoms with van der Waals surface area (Å²) in [5, 5.41) is 15.4. The maximum atomic E-state index is 12.3. The fourth-order valence-electron chi connectivity index (χ4n) is 2.94. The number of aromatic nitrogens is 3. The largest absolute Gasteiger partial charge is 0.325 e. The van der Waals surface area contributed by atoms with Crippen molar-refractivity contribution < 1.29 is 4.79 Å². The number of hydrogen-bond acceptors (Lipinski definition) is 7. The molecular formula is C22H20N4OS3. The summed E-state index contributed by atoms with van der Waals surface area (Å²) in [5.41, 5.74) is 4.82. The number of thioether (sulfide) groups is 1. The van der Waals surface area contributed by atoms with E-state index < -0.39 is 0 Å². The van der Waals surface area contributed by atoms with Gasteiger partial charge in [-0.05, 0) is 56.0 Å². The van der Waals surface area contributed by atoms with E-state index in [1.54, 1.807) is 22.7 Å². The van der Waals surface area contributed by atoms with Gasteiger partial charge in [-0.3, -0.25) is 4.79 Å². The molecule has 8 heteroatoms. The summed E-state index contributed by atoms with van der Waals surface area (Å²) < 4.78 is 0. The van der Waals surface area contributed by atoms with Crippen molar-refractivity contribution in [3.05, 3.63) is 64.7 Å². The highest BCUT2D eigenvalue weighted by Gasteiger charge is 2.14. The molecule has 0 spiro atoms. The average Bonchev–Trinajstić information content (AvgIpc) is 3.39. The molecule has 0 unspecified atom stereocenters. The number of thiophene rings is 1. The Labute approximate surface area is 187 Å². The summed E-state index contributed by atoms with van der Waals surface area (Å²) in [6.45, 7) is 6.02. The van der Waals surface area contributed by atoms with E-state index in [2.05, 4.69) is 32.6 Å². The van der Waals surface area contributed by atoms with Crippen molar-refractivity contribution in [3.8, 4) is 20.5 Å². The van der Waals surface area contributed by atoms with Crippen molar-refractivity contribution in [3.63, 3.8) is 0 Å². The molecule has 0 saturated carbocycles. The molecule has 4 rings (SSSR count). The molecule has 0 bridgehead atoms. The minimum atomic E-state index is -0.0586. The second-order valence-electron chi connectivity index (χ2n) is 6.82. The maximum Gasteiger partial charge on any atom is 0.234 e. The van der Waals surface area contributed by atoms with Crippen molar-refractivity contribution in [2.75, 3.05) is 11.1 Å². The van der Waals surface area contributed by atoms with E-state index in [9.17, 15) is 4.79 Å². The smallest absolute Gasteiger partial charge is 0.234 e. The Kier molecular flexibility index (Phi) is 6.26. The van der Waals surface area contributed by atoms with Crippen molar-refractivity contribution in [1.82, 2.24) is 15.2 Å². The summed E-state index contributed by atoms with van der Waals surface area (Å²) in [7, 11) is 0. The number of thiazole rings is 1. The summed E-state index contributed by atoms with van der Waals surface area (Å²) in [5.74, 6) is 0.223. The van der Waals surface area contributed by atoms with Crippen LogP contribution >= 0.6 is 34.4 Å². The van der Waals surface area contributed by atoms with Crippen LogP contribution in [-0.2, 0) is 4.79 Å². The molecule has 1 N–H and O–H groups in total. The molecule has 3 heterocycles. The van der Waals surface area contributed by atoms with Gasteiger partial charge < -0.3 is 5.32 Å². The predicted molar refractivity (Wildman–Crippen MR) is 126 cm³/mol. The molecule has 1 aromatic carbocycles. The molecule has 0 radical (unpaired) electrons. The maximum absolute atomic E-state index is 12.3. The Morgan fingerprint density at radius 3 is 2.67 bits per heavy atom. The number of hydrogen-bond donors (Lipinski definition) is 1. The van der Waals surface area contributed by atoms with Crippen LogP contribution in [0.2, 0.25) is 0 Å². The van der Waals surface area contributed by atoms with Gasteiger partial charge in [0.1, 0.15) is 15.7 Å². The van der Waals surface area contributed by atoms with Crippen LogP contribution in [0, 0.1) is 20.8 Å². The SMILES string of the molecule is Cc1ccc(NC(=O)CSc2ccc(-c3sc(-c4cccs4)nc3C)nn2)c(C)c1. The van der Waals surface area contributed by atoms with E-state index in [0.717, 1.165) is 42.4 Å². The normalized spacial score (nSPS) is 10.9. The molecule has 0 aliphatic carbocycles. The molecular weight excluding hydrogens is 432 g/mol. The molecule has 0 aliphatic heterocycles. The number of rotatable bonds is 6. The highest BCUT2D eigenvalue weighted by atomic mass is 32.2. The lowest BCUT2D eigenvalue weighted by molar-refractivity contribution is -0.113. The van der Waals surface area contributed by atoms with E-state index in [1.165, 1.54) is 17.3 Å². The second-order valence-corrected chi connectivity index (χ2v) is 9.77. The molecule has 30 heavy (non-hydrogen) atoms. The monoisotopic (exact) mass is 452 g/mol. The molecule has 1 amide bonds. The number of benzene rings is 1. The van der Waals surface area contributed by atoms with Crippen molar-refractivity contribution in [1.29, 1.82) is 0 Å². The number of carbonyl (C=O) groups is 1. The van der Waals surface area contributed by atoms with Gasteiger partial charge in [-0.2, -0.15) is 0 Å². The Bertz CT molecular complexity index is 1170. The fraction of sp³-hybridized carbons (Fsp3) is 0.182. The highest BCUT2D eigenvalue weighted by Crippen LogP contribution is 2.36. The van der Waals surface area contributed by atoms with Gasteiger partial charge in [-0.1, -0.05) is 35.5 Å². The summed E-state index contributed by atoms with van der Waals surface area (Å²) in [4.78, 5) is 19.1. The zero-order valence-corrected chi connectivity index (χ0v) is 19.3. The topological polar surface area (TPSA) is 67.8 Å². The lowest BCUT2D eigenvalue weighted by Crippen LogP contribution is -2.15. The number of anilines is 1. The number of nitrogens with zero attached hydrogens (tertiary/aromatic N) is 3. The van der Waals surface area contributed by atoms with Gasteiger partial charge in [0.2, 0.25) is 5.91 Å². The van der Waals surface area contributed by atoms with Gasteiger partial charge in [0.25, 0.3) is 0 Å². The van der Waals surface area contributed by atoms with Gasteiger partial charge in [-0.25, -0.2) is 4.98 Å². The predicted octanol–water partition coefficient (Wildman–Crippen LogP) is 5.98. The van der Waals surface area contributed by atoms with Crippen LogP contribution in [0.4, 0.5) is 5.69 Å². The van der Waals surface area contributed by atoms with E-state index in [-0.39, 0.29) is 11.7 Å². The number of aryl methyl sites for hydroxylation is 3. The first-order valence-corrected chi connectivity index (χ1v) is 12.0. The number of nitrogens with one attached hydrogen (secondary N) is 1. The van der Waals surface area contributed by atoms with E-state index >= 15 is 0 Å². The lowest BCUT2D eigenvalue weighted by Gasteiger charge is -2.08. The third-order valence-electron chi connectivity index (χ3n) is 4.41. The van der Waals surface area contributed by atoms with Crippen molar-refractivity contribution >= 4 is 46.0 Å². The first-order valence-electron chi connectivity index (χ1n) is 9.35. The first kappa shape index (κ1) is 20.7. The van der Waals surface area contributed by atoms with Gasteiger partial charge in [0.05, 0.1) is 21.2 Å². The van der Waals surface area contributed by atoms with Crippen molar-refractivity contribution in [2.24, 2.45) is 0 Å². The van der Waals surface area contributed by atoms with Gasteiger partial charge in [0.15, 0.2) is 0 Å². The molecule has 5 nitrogen and oxygen atoms in total. The third-order valence-corrected chi connectivity index (χ3v) is 7.55. The van der Waals surface area contributed by atoms with Crippen LogP contribution in [0.15, 0.2) is 52.9 Å². The fourth-order valence-corrected chi connectivity index (χ4v) is 5.38. The van der Waals surface area contributed by atoms with E-state index in [0.29, 0.717) is 0 Å². The minimum Gasteiger partial charge on any atom is -0.325 e. The Morgan fingerprint density at radius 1 is 1.10 bits per heavy atom. The molecule has 0 fully saturated rings. The molecule has 0 atom stereocenters. The highest BCUT2D eigenvalue weighted by molar-refractivity contribution is 7.99. The van der Waals surface area contributed by atoms with E-state index in [1.807, 2.05) is 56.5 Å². The lowest BCUT2D eigenvalue weighted by atomic mass is 10.1. The number of amides is 1. The van der Waals surface area contributed by atoms with E-state index in [4.69, 9.17) is 0 Å². The van der Waals surface area contributed by atoms with Crippen LogP contribution in [0.3, 0.4) is 0 Å². The summed E-state index contributed by atoms with van der Waals surface area (Å²) in [6, 6.07) is 13.9. The van der Waals surface area contributed by atoms with Crippen LogP contribution in [0.25, 0.3) is 20.5 Å². The van der Waals surface area contributed by atoms with Crippen LogP contribution in [-0.4, -0.2) is 26.8 Å². The van der Waals surface area contributed by atoms with Crippen molar-refractivity contribution in [2.45, 2.75) is 25.8 Å². The molecule has 4 aromatic rings. The minimum absolute atomic E-state index is 0.0586. The zero-order chi connectivity index (χ0) is 21.1. The quantitative estimate of drug-likeness (QED) is 0.364. The molecule has 0 aliphatic rings. The van der Waals surface area contributed by atoms with Crippen LogP contribution < -0.4 is 5.32 Å².